The van der Waals surface area contributed by atoms with Crippen molar-refractivity contribution in [3.63, 3.8) is 0 Å². The van der Waals surface area contributed by atoms with Crippen molar-refractivity contribution >= 4 is 17.3 Å². The fraction of sp³-hybridized carbons (Fsp3) is 0.474. The van der Waals surface area contributed by atoms with Crippen LogP contribution in [0.25, 0.3) is 0 Å². The van der Waals surface area contributed by atoms with Crippen LogP contribution in [0.15, 0.2) is 41.3 Å². The molecule has 0 aliphatic carbocycles. The lowest BCUT2D eigenvalue weighted by Gasteiger charge is -2.37. The average molecular weight is 361 g/mol. The first-order valence-electron chi connectivity index (χ1n) is 8.81. The molecule has 2 aromatic rings. The van der Waals surface area contributed by atoms with E-state index in [0.717, 1.165) is 19.0 Å². The summed E-state index contributed by atoms with van der Waals surface area (Å²) in [6.45, 7) is 5.18. The summed E-state index contributed by atoms with van der Waals surface area (Å²) >= 11 is 6.18. The number of hydrogen-bond acceptors (Lipinski definition) is 4. The molecule has 0 spiro atoms. The summed E-state index contributed by atoms with van der Waals surface area (Å²) in [5.74, 6) is 0.788. The molecule has 0 saturated carbocycles. The standard InChI is InChI=1S/C19H25ClN4O/c1-14-8-10-24(11-9-14)17(15-6-4-3-5-7-15)13-21-16-12-22-23(2)19(25)18(16)20/h3-7,12,14,17,21H,8-11,13H2,1-2H3. The number of piperidine rings is 1. The summed E-state index contributed by atoms with van der Waals surface area (Å²) in [5, 5.41) is 7.59. The lowest BCUT2D eigenvalue weighted by Crippen LogP contribution is -2.39. The molecule has 3 rings (SSSR count). The molecular formula is C19H25ClN4O. The van der Waals surface area contributed by atoms with Crippen LogP contribution in [0.3, 0.4) is 0 Å². The van der Waals surface area contributed by atoms with Gasteiger partial charge in [0.1, 0.15) is 5.02 Å². The van der Waals surface area contributed by atoms with E-state index in [1.54, 1.807) is 13.2 Å². The highest BCUT2D eigenvalue weighted by Gasteiger charge is 2.24. The molecule has 0 radical (unpaired) electrons. The Labute approximate surface area is 153 Å². The Morgan fingerprint density at radius 2 is 1.96 bits per heavy atom. The number of nitrogens with one attached hydrogen (secondary N) is 1. The van der Waals surface area contributed by atoms with Crippen molar-refractivity contribution in [1.29, 1.82) is 0 Å². The minimum Gasteiger partial charge on any atom is -0.380 e. The summed E-state index contributed by atoms with van der Waals surface area (Å²) in [5.41, 5.74) is 1.59. The third-order valence-electron chi connectivity index (χ3n) is 5.01. The van der Waals surface area contributed by atoms with Gasteiger partial charge in [-0.15, -0.1) is 0 Å². The molecule has 134 valence electrons. The van der Waals surface area contributed by atoms with Gasteiger partial charge in [-0.25, -0.2) is 4.68 Å². The quantitative estimate of drug-likeness (QED) is 0.888. The molecule has 1 N–H and O–H groups in total. The van der Waals surface area contributed by atoms with Gasteiger partial charge in [-0.2, -0.15) is 5.10 Å². The Morgan fingerprint density at radius 3 is 2.64 bits per heavy atom. The Bertz CT molecular complexity index is 754. The van der Waals surface area contributed by atoms with Crippen LogP contribution in [0.1, 0.15) is 31.4 Å². The fourth-order valence-corrected chi connectivity index (χ4v) is 3.55. The number of likely N-dealkylation sites (tertiary alicyclic amines) is 1. The number of anilines is 1. The van der Waals surface area contributed by atoms with Crippen LogP contribution >= 0.6 is 11.6 Å². The third-order valence-corrected chi connectivity index (χ3v) is 5.37. The van der Waals surface area contributed by atoms with Gasteiger partial charge in [0.2, 0.25) is 0 Å². The second kappa shape index (κ2) is 8.02. The highest BCUT2D eigenvalue weighted by atomic mass is 35.5. The first kappa shape index (κ1) is 18.0. The summed E-state index contributed by atoms with van der Waals surface area (Å²) in [4.78, 5) is 14.5. The van der Waals surface area contributed by atoms with E-state index in [4.69, 9.17) is 11.6 Å². The second-order valence-electron chi connectivity index (χ2n) is 6.83. The van der Waals surface area contributed by atoms with Crippen molar-refractivity contribution < 1.29 is 0 Å². The van der Waals surface area contributed by atoms with Gasteiger partial charge < -0.3 is 5.32 Å². The van der Waals surface area contributed by atoms with E-state index in [1.807, 2.05) is 6.07 Å². The molecule has 1 aromatic heterocycles. The van der Waals surface area contributed by atoms with E-state index in [-0.39, 0.29) is 16.6 Å². The fourth-order valence-electron chi connectivity index (χ4n) is 3.31. The van der Waals surface area contributed by atoms with Gasteiger partial charge in [-0.1, -0.05) is 48.9 Å². The van der Waals surface area contributed by atoms with Gasteiger partial charge in [0.15, 0.2) is 0 Å². The first-order valence-corrected chi connectivity index (χ1v) is 9.18. The summed E-state index contributed by atoms with van der Waals surface area (Å²) < 4.78 is 1.24. The maximum atomic E-state index is 12.0. The number of benzene rings is 1. The largest absolute Gasteiger partial charge is 0.380 e. The van der Waals surface area contributed by atoms with Crippen LogP contribution in [0, 0.1) is 5.92 Å². The Balaban J connectivity index is 1.79. The van der Waals surface area contributed by atoms with Crippen LogP contribution in [-0.2, 0) is 7.05 Å². The maximum Gasteiger partial charge on any atom is 0.287 e. The van der Waals surface area contributed by atoms with E-state index in [0.29, 0.717) is 12.2 Å². The molecule has 1 unspecified atom stereocenters. The highest BCUT2D eigenvalue weighted by Crippen LogP contribution is 2.27. The lowest BCUT2D eigenvalue weighted by atomic mass is 9.95. The minimum absolute atomic E-state index is 0.191. The smallest absolute Gasteiger partial charge is 0.287 e. The molecular weight excluding hydrogens is 336 g/mol. The van der Waals surface area contributed by atoms with Gasteiger partial charge in [-0.3, -0.25) is 9.69 Å². The second-order valence-corrected chi connectivity index (χ2v) is 7.20. The molecule has 1 aromatic carbocycles. The zero-order valence-corrected chi connectivity index (χ0v) is 15.5. The molecule has 25 heavy (non-hydrogen) atoms. The SMILES string of the molecule is CC1CCN(C(CNc2cnn(C)c(=O)c2Cl)c2ccccc2)CC1. The third kappa shape index (κ3) is 4.22. The van der Waals surface area contributed by atoms with E-state index in [9.17, 15) is 4.79 Å². The van der Waals surface area contributed by atoms with Crippen molar-refractivity contribution in [2.45, 2.75) is 25.8 Å². The highest BCUT2D eigenvalue weighted by molar-refractivity contribution is 6.32. The molecule has 1 aliphatic rings. The van der Waals surface area contributed by atoms with Crippen molar-refractivity contribution in [2.24, 2.45) is 13.0 Å². The van der Waals surface area contributed by atoms with Gasteiger partial charge in [0.05, 0.1) is 17.9 Å². The number of aromatic nitrogens is 2. The van der Waals surface area contributed by atoms with Gasteiger partial charge in [0, 0.05) is 13.6 Å². The van der Waals surface area contributed by atoms with E-state index in [2.05, 4.69) is 46.5 Å². The van der Waals surface area contributed by atoms with E-state index in [1.165, 1.54) is 23.1 Å². The van der Waals surface area contributed by atoms with Crippen LogP contribution in [0.2, 0.25) is 5.02 Å². The van der Waals surface area contributed by atoms with E-state index < -0.39 is 0 Å². The molecule has 6 heteroatoms. The molecule has 1 atom stereocenters. The average Bonchev–Trinajstić information content (AvgIpc) is 2.64. The Hall–Kier alpha value is -1.85. The van der Waals surface area contributed by atoms with E-state index >= 15 is 0 Å². The lowest BCUT2D eigenvalue weighted by molar-refractivity contribution is 0.143. The number of hydrogen-bond donors (Lipinski definition) is 1. The van der Waals surface area contributed by atoms with Crippen LogP contribution in [0.5, 0.6) is 0 Å². The molecule has 0 amide bonds. The minimum atomic E-state index is -0.283. The molecule has 0 bridgehead atoms. The molecule has 1 fully saturated rings. The zero-order valence-electron chi connectivity index (χ0n) is 14.8. The number of halogens is 1. The topological polar surface area (TPSA) is 50.2 Å². The first-order chi connectivity index (χ1) is 12.1. The molecule has 2 heterocycles. The summed E-state index contributed by atoms with van der Waals surface area (Å²) in [7, 11) is 1.60. The van der Waals surface area contributed by atoms with Gasteiger partial charge >= 0.3 is 0 Å². The number of nitrogens with zero attached hydrogens (tertiary/aromatic N) is 3. The summed E-state index contributed by atoms with van der Waals surface area (Å²) in [6, 6.07) is 10.7. The number of rotatable bonds is 5. The zero-order chi connectivity index (χ0) is 17.8. The van der Waals surface area contributed by atoms with Crippen molar-refractivity contribution in [1.82, 2.24) is 14.7 Å². The van der Waals surface area contributed by atoms with Gasteiger partial charge in [0.25, 0.3) is 5.56 Å². The predicted molar refractivity (Wildman–Crippen MR) is 102 cm³/mol. The monoisotopic (exact) mass is 360 g/mol. The predicted octanol–water partition coefficient (Wildman–Crippen LogP) is 3.32. The van der Waals surface area contributed by atoms with Crippen LogP contribution in [0.4, 0.5) is 5.69 Å². The van der Waals surface area contributed by atoms with Crippen molar-refractivity contribution in [2.75, 3.05) is 25.0 Å². The normalized spacial score (nSPS) is 17.4. The van der Waals surface area contributed by atoms with Crippen molar-refractivity contribution in [3.8, 4) is 0 Å². The van der Waals surface area contributed by atoms with Crippen LogP contribution < -0.4 is 10.9 Å². The molecule has 5 nitrogen and oxygen atoms in total. The molecule has 1 aliphatic heterocycles. The Morgan fingerprint density at radius 1 is 1.28 bits per heavy atom. The Kier molecular flexibility index (Phi) is 5.76. The van der Waals surface area contributed by atoms with Crippen LogP contribution in [-0.4, -0.2) is 34.3 Å². The number of aryl methyl sites for hydroxylation is 1. The van der Waals surface area contributed by atoms with Crippen molar-refractivity contribution in [3.05, 3.63) is 57.5 Å². The maximum absolute atomic E-state index is 12.0. The molecule has 1 saturated heterocycles. The summed E-state index contributed by atoms with van der Waals surface area (Å²) in [6.07, 6.45) is 4.05. The van der Waals surface area contributed by atoms with Gasteiger partial charge in [-0.05, 0) is 37.4 Å².